The standard InChI is InChI=1S/C14H11BrF2O/c1-9-7-11(15)5-6-13(9)18-8-10-3-2-4-12(16)14(10)17/h2-7H,8H2,1H3. The summed E-state index contributed by atoms with van der Waals surface area (Å²) in [5.74, 6) is -1.06. The first kappa shape index (κ1) is 13.0. The van der Waals surface area contributed by atoms with Crippen molar-refractivity contribution in [2.75, 3.05) is 0 Å². The molecule has 18 heavy (non-hydrogen) atoms. The Hall–Kier alpha value is -1.42. The SMILES string of the molecule is Cc1cc(Br)ccc1OCc1cccc(F)c1F. The molecule has 94 valence electrons. The molecule has 1 nitrogen and oxygen atoms in total. The average molecular weight is 313 g/mol. The zero-order valence-electron chi connectivity index (χ0n) is 9.71. The normalized spacial score (nSPS) is 10.4. The van der Waals surface area contributed by atoms with Gasteiger partial charge in [-0.25, -0.2) is 8.78 Å². The Labute approximate surface area is 113 Å². The minimum Gasteiger partial charge on any atom is -0.489 e. The van der Waals surface area contributed by atoms with Gasteiger partial charge in [-0.3, -0.25) is 0 Å². The molecule has 0 radical (unpaired) electrons. The van der Waals surface area contributed by atoms with Gasteiger partial charge in [0.25, 0.3) is 0 Å². The third kappa shape index (κ3) is 2.88. The van der Waals surface area contributed by atoms with Crippen molar-refractivity contribution in [3.05, 3.63) is 63.6 Å². The Balaban J connectivity index is 2.14. The summed E-state index contributed by atoms with van der Waals surface area (Å²) in [4.78, 5) is 0. The number of rotatable bonds is 3. The molecule has 0 aliphatic carbocycles. The van der Waals surface area contributed by atoms with E-state index in [0.717, 1.165) is 16.1 Å². The lowest BCUT2D eigenvalue weighted by molar-refractivity contribution is 0.295. The van der Waals surface area contributed by atoms with Crippen LogP contribution in [0.25, 0.3) is 0 Å². The summed E-state index contributed by atoms with van der Waals surface area (Å²) in [5, 5.41) is 0. The van der Waals surface area contributed by atoms with Crippen LogP contribution in [-0.2, 0) is 6.61 Å². The molecule has 0 heterocycles. The highest BCUT2D eigenvalue weighted by atomic mass is 79.9. The molecule has 0 N–H and O–H groups in total. The van der Waals surface area contributed by atoms with Crippen molar-refractivity contribution in [3.8, 4) is 5.75 Å². The molecule has 0 saturated carbocycles. The van der Waals surface area contributed by atoms with Crippen molar-refractivity contribution < 1.29 is 13.5 Å². The van der Waals surface area contributed by atoms with E-state index in [1.54, 1.807) is 6.07 Å². The maximum atomic E-state index is 13.4. The van der Waals surface area contributed by atoms with Gasteiger partial charge in [0.1, 0.15) is 12.4 Å². The van der Waals surface area contributed by atoms with Gasteiger partial charge in [-0.05, 0) is 36.8 Å². The smallest absolute Gasteiger partial charge is 0.165 e. The van der Waals surface area contributed by atoms with E-state index in [1.165, 1.54) is 12.1 Å². The minimum absolute atomic E-state index is 0.00602. The van der Waals surface area contributed by atoms with E-state index in [4.69, 9.17) is 4.74 Å². The van der Waals surface area contributed by atoms with Crippen LogP contribution in [0.2, 0.25) is 0 Å². The predicted octanol–water partition coefficient (Wildman–Crippen LogP) is 4.61. The van der Waals surface area contributed by atoms with Crippen LogP contribution in [0.4, 0.5) is 8.78 Å². The highest BCUT2D eigenvalue weighted by Gasteiger charge is 2.08. The number of hydrogen-bond acceptors (Lipinski definition) is 1. The molecule has 0 spiro atoms. The summed E-state index contributed by atoms with van der Waals surface area (Å²) in [7, 11) is 0. The van der Waals surface area contributed by atoms with E-state index >= 15 is 0 Å². The van der Waals surface area contributed by atoms with Crippen LogP contribution in [0.3, 0.4) is 0 Å². The number of hydrogen-bond donors (Lipinski definition) is 0. The number of halogens is 3. The molecule has 0 saturated heterocycles. The third-order valence-corrected chi connectivity index (χ3v) is 3.04. The van der Waals surface area contributed by atoms with Gasteiger partial charge in [0.05, 0.1) is 0 Å². The van der Waals surface area contributed by atoms with Crippen molar-refractivity contribution in [2.24, 2.45) is 0 Å². The third-order valence-electron chi connectivity index (χ3n) is 2.55. The molecule has 0 aliphatic rings. The van der Waals surface area contributed by atoms with Gasteiger partial charge in [-0.15, -0.1) is 0 Å². The van der Waals surface area contributed by atoms with E-state index in [9.17, 15) is 8.78 Å². The molecule has 0 atom stereocenters. The van der Waals surface area contributed by atoms with Crippen molar-refractivity contribution >= 4 is 15.9 Å². The summed E-state index contributed by atoms with van der Waals surface area (Å²) in [5.41, 5.74) is 1.14. The van der Waals surface area contributed by atoms with Crippen molar-refractivity contribution in [1.82, 2.24) is 0 Å². The van der Waals surface area contributed by atoms with Crippen LogP contribution in [0, 0.1) is 18.6 Å². The number of aryl methyl sites for hydroxylation is 1. The van der Waals surface area contributed by atoms with Crippen LogP contribution in [0.1, 0.15) is 11.1 Å². The monoisotopic (exact) mass is 312 g/mol. The second kappa shape index (κ2) is 5.48. The number of benzene rings is 2. The first-order valence-electron chi connectivity index (χ1n) is 5.40. The Morgan fingerprint density at radius 3 is 2.67 bits per heavy atom. The molecular weight excluding hydrogens is 302 g/mol. The Bertz CT molecular complexity index is 570. The average Bonchev–Trinajstić information content (AvgIpc) is 2.33. The topological polar surface area (TPSA) is 9.23 Å². The highest BCUT2D eigenvalue weighted by molar-refractivity contribution is 9.10. The molecule has 0 aliphatic heterocycles. The van der Waals surface area contributed by atoms with Crippen molar-refractivity contribution in [3.63, 3.8) is 0 Å². The van der Waals surface area contributed by atoms with Gasteiger partial charge < -0.3 is 4.74 Å². The predicted molar refractivity (Wildman–Crippen MR) is 69.6 cm³/mol. The van der Waals surface area contributed by atoms with E-state index in [1.807, 2.05) is 19.1 Å². The van der Waals surface area contributed by atoms with Crippen LogP contribution < -0.4 is 4.74 Å². The van der Waals surface area contributed by atoms with Gasteiger partial charge in [0.2, 0.25) is 0 Å². The second-order valence-corrected chi connectivity index (χ2v) is 4.83. The Kier molecular flexibility index (Phi) is 3.97. The molecule has 2 aromatic carbocycles. The molecule has 2 aromatic rings. The lowest BCUT2D eigenvalue weighted by atomic mass is 10.2. The molecule has 0 amide bonds. The van der Waals surface area contributed by atoms with Crippen LogP contribution in [0.5, 0.6) is 5.75 Å². The zero-order chi connectivity index (χ0) is 13.1. The molecule has 0 unspecified atom stereocenters. The van der Waals surface area contributed by atoms with Crippen LogP contribution in [0.15, 0.2) is 40.9 Å². The lowest BCUT2D eigenvalue weighted by Crippen LogP contribution is -2.01. The van der Waals surface area contributed by atoms with Gasteiger partial charge in [-0.2, -0.15) is 0 Å². The van der Waals surface area contributed by atoms with Crippen molar-refractivity contribution in [1.29, 1.82) is 0 Å². The quantitative estimate of drug-likeness (QED) is 0.804. The van der Waals surface area contributed by atoms with Crippen LogP contribution >= 0.6 is 15.9 Å². The van der Waals surface area contributed by atoms with E-state index in [2.05, 4.69) is 15.9 Å². The Morgan fingerprint density at radius 1 is 1.17 bits per heavy atom. The maximum Gasteiger partial charge on any atom is 0.165 e. The van der Waals surface area contributed by atoms with Gasteiger partial charge >= 0.3 is 0 Å². The first-order valence-corrected chi connectivity index (χ1v) is 6.19. The Morgan fingerprint density at radius 2 is 1.94 bits per heavy atom. The summed E-state index contributed by atoms with van der Waals surface area (Å²) in [6.07, 6.45) is 0. The van der Waals surface area contributed by atoms with Crippen LogP contribution in [-0.4, -0.2) is 0 Å². The molecule has 0 bridgehead atoms. The van der Waals surface area contributed by atoms with E-state index < -0.39 is 11.6 Å². The minimum atomic E-state index is -0.858. The lowest BCUT2D eigenvalue weighted by Gasteiger charge is -2.10. The summed E-state index contributed by atoms with van der Waals surface area (Å²) >= 11 is 3.35. The summed E-state index contributed by atoms with van der Waals surface area (Å²) in [6, 6.07) is 9.58. The molecule has 4 heteroatoms. The van der Waals surface area contributed by atoms with E-state index in [-0.39, 0.29) is 12.2 Å². The largest absolute Gasteiger partial charge is 0.489 e. The fourth-order valence-corrected chi connectivity index (χ4v) is 2.07. The number of ether oxygens (including phenoxy) is 1. The highest BCUT2D eigenvalue weighted by Crippen LogP contribution is 2.23. The summed E-state index contributed by atoms with van der Waals surface area (Å²) in [6.45, 7) is 1.90. The second-order valence-electron chi connectivity index (χ2n) is 3.91. The summed E-state index contributed by atoms with van der Waals surface area (Å²) < 4.78 is 32.8. The van der Waals surface area contributed by atoms with E-state index in [0.29, 0.717) is 5.75 Å². The maximum absolute atomic E-state index is 13.4. The first-order chi connectivity index (χ1) is 8.58. The fraction of sp³-hybridized carbons (Fsp3) is 0.143. The van der Waals surface area contributed by atoms with Crippen molar-refractivity contribution in [2.45, 2.75) is 13.5 Å². The zero-order valence-corrected chi connectivity index (χ0v) is 11.3. The molecular formula is C14H11BrF2O. The molecule has 0 aromatic heterocycles. The molecule has 2 rings (SSSR count). The fourth-order valence-electron chi connectivity index (χ4n) is 1.59. The van der Waals surface area contributed by atoms with Gasteiger partial charge in [0, 0.05) is 10.0 Å². The van der Waals surface area contributed by atoms with Gasteiger partial charge in [0.15, 0.2) is 11.6 Å². The van der Waals surface area contributed by atoms with Gasteiger partial charge in [-0.1, -0.05) is 28.1 Å². The molecule has 0 fully saturated rings.